The molecule has 0 bridgehead atoms. The summed E-state index contributed by atoms with van der Waals surface area (Å²) in [4.78, 5) is 26.5. The van der Waals surface area contributed by atoms with Crippen LogP contribution in [0.15, 0.2) is 73.1 Å². The molecule has 0 saturated carbocycles. The minimum atomic E-state index is -4.50. The topological polar surface area (TPSA) is 104 Å². The van der Waals surface area contributed by atoms with Crippen molar-refractivity contribution >= 4 is 23.0 Å². The van der Waals surface area contributed by atoms with Crippen LogP contribution in [0.25, 0.3) is 33.5 Å². The van der Waals surface area contributed by atoms with Crippen LogP contribution in [0.2, 0.25) is 0 Å². The summed E-state index contributed by atoms with van der Waals surface area (Å²) in [5, 5.41) is 12.1. The normalized spacial score (nSPS) is 11.6. The van der Waals surface area contributed by atoms with Gasteiger partial charge in [0.25, 0.3) is 0 Å². The molecule has 0 spiro atoms. The van der Waals surface area contributed by atoms with Crippen LogP contribution in [-0.2, 0) is 12.7 Å². The monoisotopic (exact) mass is 507 g/mol. The van der Waals surface area contributed by atoms with Gasteiger partial charge in [0.15, 0.2) is 0 Å². The Morgan fingerprint density at radius 1 is 0.973 bits per heavy atom. The number of anilines is 1. The zero-order valence-electron chi connectivity index (χ0n) is 18.8. The quantitative estimate of drug-likeness (QED) is 0.238. The van der Waals surface area contributed by atoms with Crippen LogP contribution in [-0.4, -0.2) is 31.0 Å². The first-order valence-electron chi connectivity index (χ1n) is 10.9. The number of fused-ring (bicyclic) bond motifs is 1. The number of hydrogen-bond donors (Lipinski definition) is 3. The van der Waals surface area contributed by atoms with E-state index >= 15 is 0 Å². The molecule has 0 unspecified atom stereocenters. The second kappa shape index (κ2) is 9.34. The van der Waals surface area contributed by atoms with E-state index < -0.39 is 23.5 Å². The predicted molar refractivity (Wildman–Crippen MR) is 128 cm³/mol. The van der Waals surface area contributed by atoms with Gasteiger partial charge >= 0.3 is 12.1 Å². The van der Waals surface area contributed by atoms with Crippen molar-refractivity contribution in [3.05, 3.63) is 95.6 Å². The Balaban J connectivity index is 1.32. The number of hydrogen-bond acceptors (Lipinski definition) is 5. The highest BCUT2D eigenvalue weighted by Gasteiger charge is 2.30. The lowest BCUT2D eigenvalue weighted by Crippen LogP contribution is -2.05. The lowest BCUT2D eigenvalue weighted by molar-refractivity contribution is -0.137. The first-order chi connectivity index (χ1) is 17.7. The van der Waals surface area contributed by atoms with Gasteiger partial charge in [-0.1, -0.05) is 18.2 Å². The summed E-state index contributed by atoms with van der Waals surface area (Å²) in [5.74, 6) is -1.21. The molecule has 37 heavy (non-hydrogen) atoms. The number of aromatic nitrogens is 4. The van der Waals surface area contributed by atoms with Gasteiger partial charge in [0.1, 0.15) is 11.6 Å². The Hall–Kier alpha value is -4.80. The number of imidazole rings is 1. The standard InChI is InChI=1S/C26H17F4N5O2/c27-20-9-15(4-6-19(20)23-34-21-7-5-18(26(28,29)30)10-22(21)35-23)17-12-32-25(33-13-17)31-11-14-2-1-3-16(8-14)24(36)37/h1-10,12-13H,11H2,(H,34,35)(H,36,37)(H,31,32,33). The molecule has 0 aliphatic rings. The fourth-order valence-electron chi connectivity index (χ4n) is 3.76. The molecule has 2 heterocycles. The van der Waals surface area contributed by atoms with Gasteiger partial charge in [0.2, 0.25) is 5.95 Å². The summed E-state index contributed by atoms with van der Waals surface area (Å²) in [5.41, 5.74) is 1.69. The van der Waals surface area contributed by atoms with E-state index in [4.69, 9.17) is 5.11 Å². The average Bonchev–Trinajstić information content (AvgIpc) is 3.30. The molecule has 0 atom stereocenters. The van der Waals surface area contributed by atoms with Gasteiger partial charge in [-0.15, -0.1) is 0 Å². The number of nitrogens with one attached hydrogen (secondary N) is 2. The minimum absolute atomic E-state index is 0.108. The van der Waals surface area contributed by atoms with Crippen LogP contribution in [0, 0.1) is 5.82 Å². The second-order valence-corrected chi connectivity index (χ2v) is 8.16. The van der Waals surface area contributed by atoms with Gasteiger partial charge in [0.05, 0.1) is 27.7 Å². The Labute approximate surface area is 206 Å². The Morgan fingerprint density at radius 2 is 1.76 bits per heavy atom. The molecule has 0 amide bonds. The Morgan fingerprint density at radius 3 is 2.46 bits per heavy atom. The highest BCUT2D eigenvalue weighted by Crippen LogP contribution is 2.32. The van der Waals surface area contributed by atoms with Crippen molar-refractivity contribution in [1.29, 1.82) is 0 Å². The molecular formula is C26H17F4N5O2. The van der Waals surface area contributed by atoms with E-state index in [1.54, 1.807) is 24.3 Å². The molecule has 3 N–H and O–H groups in total. The number of carboxylic acid groups (broad SMARTS) is 1. The summed E-state index contributed by atoms with van der Waals surface area (Å²) < 4.78 is 53.9. The van der Waals surface area contributed by atoms with Crippen LogP contribution in [0.3, 0.4) is 0 Å². The molecule has 5 rings (SSSR count). The first kappa shape index (κ1) is 23.9. The smallest absolute Gasteiger partial charge is 0.416 e. The zero-order chi connectivity index (χ0) is 26.2. The maximum Gasteiger partial charge on any atom is 0.416 e. The number of rotatable bonds is 6. The highest BCUT2D eigenvalue weighted by atomic mass is 19.4. The van der Waals surface area contributed by atoms with Crippen LogP contribution in [0.4, 0.5) is 23.5 Å². The number of halogens is 4. The predicted octanol–water partition coefficient (Wildman–Crippen LogP) is 6.16. The Kier molecular flexibility index (Phi) is 6.04. The summed E-state index contributed by atoms with van der Waals surface area (Å²) in [6, 6.07) is 14.0. The van der Waals surface area contributed by atoms with Gasteiger partial charge in [-0.05, 0) is 53.6 Å². The summed E-state index contributed by atoms with van der Waals surface area (Å²) >= 11 is 0. The van der Waals surface area contributed by atoms with Crippen molar-refractivity contribution in [2.45, 2.75) is 12.7 Å². The number of H-pyrrole nitrogens is 1. The zero-order valence-corrected chi connectivity index (χ0v) is 18.8. The fraction of sp³-hybridized carbons (Fsp3) is 0.0769. The molecule has 0 aliphatic heterocycles. The lowest BCUT2D eigenvalue weighted by atomic mass is 10.1. The lowest BCUT2D eigenvalue weighted by Gasteiger charge is -2.08. The summed E-state index contributed by atoms with van der Waals surface area (Å²) in [7, 11) is 0. The van der Waals surface area contributed by atoms with E-state index in [-0.39, 0.29) is 28.0 Å². The molecule has 2 aromatic heterocycles. The third-order valence-corrected chi connectivity index (χ3v) is 5.64. The van der Waals surface area contributed by atoms with Crippen LogP contribution >= 0.6 is 0 Å². The minimum Gasteiger partial charge on any atom is -0.478 e. The maximum absolute atomic E-state index is 15.0. The molecule has 0 aliphatic carbocycles. The van der Waals surface area contributed by atoms with E-state index in [1.165, 1.54) is 36.7 Å². The SMILES string of the molecule is O=C(O)c1cccc(CNc2ncc(-c3ccc(-c4nc5ccc(C(F)(F)F)cc5[nH]4)c(F)c3)cn2)c1. The van der Waals surface area contributed by atoms with Crippen LogP contribution in [0.5, 0.6) is 0 Å². The van der Waals surface area contributed by atoms with E-state index in [0.717, 1.165) is 17.7 Å². The van der Waals surface area contributed by atoms with Crippen molar-refractivity contribution in [3.63, 3.8) is 0 Å². The van der Waals surface area contributed by atoms with Gasteiger partial charge in [0, 0.05) is 24.5 Å². The summed E-state index contributed by atoms with van der Waals surface area (Å²) in [6.45, 7) is 0.311. The highest BCUT2D eigenvalue weighted by molar-refractivity contribution is 5.87. The molecule has 0 saturated heterocycles. The van der Waals surface area contributed by atoms with Crippen molar-refractivity contribution in [3.8, 4) is 22.5 Å². The van der Waals surface area contributed by atoms with E-state index in [2.05, 4.69) is 25.3 Å². The number of aromatic amines is 1. The third kappa shape index (κ3) is 5.10. The molecule has 5 aromatic rings. The van der Waals surface area contributed by atoms with Crippen LogP contribution in [0.1, 0.15) is 21.5 Å². The Bertz CT molecular complexity index is 1610. The molecule has 3 aromatic carbocycles. The number of carboxylic acids is 1. The van der Waals surface area contributed by atoms with Gasteiger partial charge in [-0.25, -0.2) is 24.1 Å². The number of nitrogens with zero attached hydrogens (tertiary/aromatic N) is 3. The maximum atomic E-state index is 15.0. The fourth-order valence-corrected chi connectivity index (χ4v) is 3.76. The molecule has 0 radical (unpaired) electrons. The number of aromatic carboxylic acids is 1. The van der Waals surface area contributed by atoms with E-state index in [9.17, 15) is 22.4 Å². The van der Waals surface area contributed by atoms with Crippen molar-refractivity contribution < 1.29 is 27.5 Å². The number of benzene rings is 3. The number of alkyl halides is 3. The molecular weight excluding hydrogens is 490 g/mol. The van der Waals surface area contributed by atoms with Gasteiger partial charge in [-0.3, -0.25) is 0 Å². The van der Waals surface area contributed by atoms with Gasteiger partial charge in [-0.2, -0.15) is 13.2 Å². The molecule has 7 nitrogen and oxygen atoms in total. The molecule has 0 fully saturated rings. The van der Waals surface area contributed by atoms with Crippen molar-refractivity contribution in [2.75, 3.05) is 5.32 Å². The number of carbonyl (C=O) groups is 1. The second-order valence-electron chi connectivity index (χ2n) is 8.16. The van der Waals surface area contributed by atoms with Crippen LogP contribution < -0.4 is 5.32 Å². The third-order valence-electron chi connectivity index (χ3n) is 5.64. The first-order valence-corrected chi connectivity index (χ1v) is 10.9. The van der Waals surface area contributed by atoms with Crippen molar-refractivity contribution in [1.82, 2.24) is 19.9 Å². The van der Waals surface area contributed by atoms with E-state index in [1.807, 2.05) is 0 Å². The average molecular weight is 507 g/mol. The van der Waals surface area contributed by atoms with Gasteiger partial charge < -0.3 is 15.4 Å². The molecule has 11 heteroatoms. The largest absolute Gasteiger partial charge is 0.478 e. The van der Waals surface area contributed by atoms with E-state index in [0.29, 0.717) is 23.6 Å². The summed E-state index contributed by atoms with van der Waals surface area (Å²) in [6.07, 6.45) is -1.47. The van der Waals surface area contributed by atoms with Crippen molar-refractivity contribution in [2.24, 2.45) is 0 Å². The molecule has 186 valence electrons.